The molecule has 0 fully saturated rings. The van der Waals surface area contributed by atoms with Crippen LogP contribution in [0.1, 0.15) is 17.3 Å². The molecule has 0 radical (unpaired) electrons. The van der Waals surface area contributed by atoms with Gasteiger partial charge in [0.15, 0.2) is 0 Å². The minimum absolute atomic E-state index is 0.0166. The highest BCUT2D eigenvalue weighted by Gasteiger charge is 2.11. The van der Waals surface area contributed by atoms with Gasteiger partial charge in [-0.15, -0.1) is 0 Å². The predicted octanol–water partition coefficient (Wildman–Crippen LogP) is 0.642. The van der Waals surface area contributed by atoms with E-state index in [0.717, 1.165) is 12.1 Å². The number of benzene rings is 1. The largest absolute Gasteiger partial charge is 0.507 e. The van der Waals surface area contributed by atoms with E-state index in [1.54, 1.807) is 0 Å². The molecule has 0 aliphatic carbocycles. The minimum atomic E-state index is -0.670. The summed E-state index contributed by atoms with van der Waals surface area (Å²) in [5.41, 5.74) is -0.0166. The van der Waals surface area contributed by atoms with Crippen molar-refractivity contribution >= 4 is 5.91 Å². The van der Waals surface area contributed by atoms with Gasteiger partial charge in [-0.3, -0.25) is 4.79 Å². The van der Waals surface area contributed by atoms with E-state index in [1.807, 2.05) is 0 Å². The molecule has 1 aromatic carbocycles. The molecule has 3 N–H and O–H groups in total. The lowest BCUT2D eigenvalue weighted by Crippen LogP contribution is -2.30. The third kappa shape index (κ3) is 3.21. The Morgan fingerprint density at radius 3 is 2.80 bits per heavy atom. The normalized spacial score (nSPS) is 12.2. The van der Waals surface area contributed by atoms with Crippen LogP contribution in [0, 0.1) is 5.82 Å². The first-order valence-corrected chi connectivity index (χ1v) is 4.45. The summed E-state index contributed by atoms with van der Waals surface area (Å²) in [6, 6.07) is 3.12. The molecule has 1 atom stereocenters. The van der Waals surface area contributed by atoms with Crippen LogP contribution in [-0.4, -0.2) is 28.8 Å². The lowest BCUT2D eigenvalue weighted by atomic mass is 10.2. The van der Waals surface area contributed by atoms with E-state index in [9.17, 15) is 14.3 Å². The van der Waals surface area contributed by atoms with Crippen LogP contribution in [0.2, 0.25) is 0 Å². The fraction of sp³-hybridized carbons (Fsp3) is 0.300. The molecule has 0 bridgehead atoms. The maximum atomic E-state index is 12.6. The van der Waals surface area contributed by atoms with Gasteiger partial charge in [0.05, 0.1) is 11.7 Å². The molecule has 1 amide bonds. The fourth-order valence-corrected chi connectivity index (χ4v) is 1.03. The van der Waals surface area contributed by atoms with Gasteiger partial charge in [0, 0.05) is 12.6 Å². The Hall–Kier alpha value is -1.62. The van der Waals surface area contributed by atoms with E-state index in [2.05, 4.69) is 5.32 Å². The van der Waals surface area contributed by atoms with Crippen LogP contribution in [-0.2, 0) is 0 Å². The van der Waals surface area contributed by atoms with Gasteiger partial charge < -0.3 is 15.5 Å². The van der Waals surface area contributed by atoms with Crippen molar-refractivity contribution in [1.29, 1.82) is 0 Å². The number of hydrogen-bond donors (Lipinski definition) is 3. The number of aromatic hydroxyl groups is 1. The number of aliphatic hydroxyl groups is 1. The van der Waals surface area contributed by atoms with Crippen molar-refractivity contribution in [3.63, 3.8) is 0 Å². The number of aliphatic hydroxyl groups excluding tert-OH is 1. The summed E-state index contributed by atoms with van der Waals surface area (Å²) in [4.78, 5) is 11.4. The molecule has 0 unspecified atom stereocenters. The number of phenols is 1. The molecule has 0 spiro atoms. The highest BCUT2D eigenvalue weighted by Crippen LogP contribution is 2.17. The third-order valence-corrected chi connectivity index (χ3v) is 1.76. The average Bonchev–Trinajstić information content (AvgIpc) is 2.14. The van der Waals surface area contributed by atoms with Crippen molar-refractivity contribution < 1.29 is 19.4 Å². The number of carbonyl (C=O) groups excluding carboxylic acids is 1. The summed E-state index contributed by atoms with van der Waals surface area (Å²) in [5, 5.41) is 20.6. The summed E-state index contributed by atoms with van der Waals surface area (Å²) in [6.07, 6.45) is -0.670. The van der Waals surface area contributed by atoms with Gasteiger partial charge in [0.25, 0.3) is 5.91 Å². The van der Waals surface area contributed by atoms with Gasteiger partial charge in [0.1, 0.15) is 11.6 Å². The van der Waals surface area contributed by atoms with Crippen molar-refractivity contribution in [2.45, 2.75) is 13.0 Å². The zero-order chi connectivity index (χ0) is 11.4. The molecule has 82 valence electrons. The number of rotatable bonds is 3. The van der Waals surface area contributed by atoms with Gasteiger partial charge in [-0.05, 0) is 19.1 Å². The second-order valence-corrected chi connectivity index (χ2v) is 3.22. The van der Waals surface area contributed by atoms with Crippen LogP contribution < -0.4 is 5.32 Å². The molecule has 1 rings (SSSR count). The second kappa shape index (κ2) is 4.75. The minimum Gasteiger partial charge on any atom is -0.507 e. The second-order valence-electron chi connectivity index (χ2n) is 3.22. The van der Waals surface area contributed by atoms with Gasteiger partial charge in [0.2, 0.25) is 0 Å². The summed E-state index contributed by atoms with van der Waals surface area (Å²) in [5.74, 6) is -1.58. The Morgan fingerprint density at radius 1 is 1.60 bits per heavy atom. The number of carbonyl (C=O) groups is 1. The monoisotopic (exact) mass is 213 g/mol. The summed E-state index contributed by atoms with van der Waals surface area (Å²) in [6.45, 7) is 1.60. The van der Waals surface area contributed by atoms with Crippen LogP contribution in [0.5, 0.6) is 5.75 Å². The van der Waals surface area contributed by atoms with Gasteiger partial charge in [-0.2, -0.15) is 0 Å². The van der Waals surface area contributed by atoms with Gasteiger partial charge in [-0.1, -0.05) is 0 Å². The Bertz CT molecular complexity index is 366. The maximum Gasteiger partial charge on any atom is 0.255 e. The van der Waals surface area contributed by atoms with Crippen molar-refractivity contribution in [3.8, 4) is 5.75 Å². The molecule has 1 aromatic rings. The number of nitrogens with one attached hydrogen (secondary N) is 1. The van der Waals surface area contributed by atoms with E-state index in [1.165, 1.54) is 13.0 Å². The van der Waals surface area contributed by atoms with Crippen molar-refractivity contribution in [1.82, 2.24) is 5.32 Å². The molecule has 5 heteroatoms. The van der Waals surface area contributed by atoms with Gasteiger partial charge >= 0.3 is 0 Å². The Balaban J connectivity index is 2.74. The molecular weight excluding hydrogens is 201 g/mol. The molecular formula is C10H12FNO3. The zero-order valence-electron chi connectivity index (χ0n) is 8.20. The Morgan fingerprint density at radius 2 is 2.27 bits per heavy atom. The lowest BCUT2D eigenvalue weighted by Gasteiger charge is -2.08. The topological polar surface area (TPSA) is 69.6 Å². The molecule has 0 saturated heterocycles. The van der Waals surface area contributed by atoms with E-state index >= 15 is 0 Å². The number of hydrogen-bond acceptors (Lipinski definition) is 3. The van der Waals surface area contributed by atoms with Crippen molar-refractivity contribution in [2.75, 3.05) is 6.54 Å². The van der Waals surface area contributed by atoms with Crippen molar-refractivity contribution in [3.05, 3.63) is 29.6 Å². The summed E-state index contributed by atoms with van der Waals surface area (Å²) >= 11 is 0. The number of halogens is 1. The van der Waals surface area contributed by atoms with Gasteiger partial charge in [-0.25, -0.2) is 4.39 Å². The third-order valence-electron chi connectivity index (χ3n) is 1.76. The highest BCUT2D eigenvalue weighted by atomic mass is 19.1. The number of amides is 1. The summed E-state index contributed by atoms with van der Waals surface area (Å²) < 4.78 is 12.6. The highest BCUT2D eigenvalue weighted by molar-refractivity contribution is 5.96. The molecule has 0 saturated carbocycles. The maximum absolute atomic E-state index is 12.6. The molecule has 15 heavy (non-hydrogen) atoms. The predicted molar refractivity (Wildman–Crippen MR) is 52.1 cm³/mol. The van der Waals surface area contributed by atoms with Crippen molar-refractivity contribution in [2.24, 2.45) is 0 Å². The SMILES string of the molecule is C[C@H](O)CNC(=O)c1ccc(F)cc1O. The average molecular weight is 213 g/mol. The number of phenolic OH excluding ortho intramolecular Hbond substituents is 1. The van der Waals surface area contributed by atoms with E-state index in [4.69, 9.17) is 5.11 Å². The van der Waals surface area contributed by atoms with Crippen LogP contribution in [0.15, 0.2) is 18.2 Å². The molecule has 0 aliphatic rings. The zero-order valence-corrected chi connectivity index (χ0v) is 8.20. The van der Waals surface area contributed by atoms with Crippen LogP contribution in [0.3, 0.4) is 0 Å². The smallest absolute Gasteiger partial charge is 0.255 e. The Kier molecular flexibility index (Phi) is 3.62. The van der Waals surface area contributed by atoms with Crippen LogP contribution in [0.25, 0.3) is 0 Å². The first-order chi connectivity index (χ1) is 7.00. The molecule has 0 aliphatic heterocycles. The molecule has 4 nitrogen and oxygen atoms in total. The first-order valence-electron chi connectivity index (χ1n) is 4.45. The van der Waals surface area contributed by atoms with E-state index in [0.29, 0.717) is 0 Å². The molecule has 0 aromatic heterocycles. The standard InChI is InChI=1S/C10H12FNO3/c1-6(13)5-12-10(15)8-3-2-7(11)4-9(8)14/h2-4,6,13-14H,5H2,1H3,(H,12,15)/t6-/m0/s1. The van der Waals surface area contributed by atoms with Crippen LogP contribution in [0.4, 0.5) is 4.39 Å². The fourth-order valence-electron chi connectivity index (χ4n) is 1.03. The lowest BCUT2D eigenvalue weighted by molar-refractivity contribution is 0.0921. The quantitative estimate of drug-likeness (QED) is 0.690. The summed E-state index contributed by atoms with van der Waals surface area (Å²) in [7, 11) is 0. The molecule has 0 heterocycles. The Labute approximate surface area is 86.4 Å². The van der Waals surface area contributed by atoms with E-state index in [-0.39, 0.29) is 12.1 Å². The van der Waals surface area contributed by atoms with Crippen LogP contribution >= 0.6 is 0 Å². The first kappa shape index (κ1) is 11.5. The van der Waals surface area contributed by atoms with E-state index < -0.39 is 23.6 Å².